The largest absolute Gasteiger partial charge is 0.480 e. The smallest absolute Gasteiger partial charge is 0.329 e. The Balaban J connectivity index is 2.13. The molecule has 6 heteroatoms. The van der Waals surface area contributed by atoms with Crippen LogP contribution in [0.15, 0.2) is 16.8 Å². The van der Waals surface area contributed by atoms with Crippen molar-refractivity contribution in [1.29, 1.82) is 0 Å². The van der Waals surface area contributed by atoms with Crippen LogP contribution in [-0.4, -0.2) is 27.7 Å². The Labute approximate surface area is 91.6 Å². The van der Waals surface area contributed by atoms with Gasteiger partial charge in [-0.15, -0.1) is 0 Å². The van der Waals surface area contributed by atoms with Crippen LogP contribution in [0, 0.1) is 0 Å². The van der Waals surface area contributed by atoms with Crippen molar-refractivity contribution in [1.82, 2.24) is 10.5 Å². The second kappa shape index (κ2) is 3.96. The number of aromatic nitrogens is 1. The molecule has 1 aliphatic rings. The second-order valence-corrected chi connectivity index (χ2v) is 3.93. The molecule has 1 saturated carbocycles. The summed E-state index contributed by atoms with van der Waals surface area (Å²) in [5.74, 6) is -1.48. The summed E-state index contributed by atoms with van der Waals surface area (Å²) in [4.78, 5) is 22.8. The van der Waals surface area contributed by atoms with Crippen LogP contribution in [0.1, 0.15) is 36.2 Å². The number of carbonyl (C=O) groups is 2. The van der Waals surface area contributed by atoms with Gasteiger partial charge in [-0.2, -0.15) is 0 Å². The Morgan fingerprint density at radius 1 is 1.44 bits per heavy atom. The normalized spacial score (nSPS) is 18.2. The van der Waals surface area contributed by atoms with Gasteiger partial charge in [0.15, 0.2) is 0 Å². The number of nitrogens with one attached hydrogen (secondary N) is 1. The summed E-state index contributed by atoms with van der Waals surface area (Å²) in [5.41, 5.74) is -1.14. The molecule has 1 fully saturated rings. The van der Waals surface area contributed by atoms with E-state index < -0.39 is 17.4 Å². The number of aliphatic carboxylic acids is 1. The third-order valence-electron chi connectivity index (χ3n) is 2.88. The molecule has 6 nitrogen and oxygen atoms in total. The van der Waals surface area contributed by atoms with Crippen molar-refractivity contribution in [3.05, 3.63) is 18.0 Å². The van der Waals surface area contributed by atoms with E-state index in [-0.39, 0.29) is 5.76 Å². The molecule has 0 saturated heterocycles. The zero-order valence-electron chi connectivity index (χ0n) is 8.60. The van der Waals surface area contributed by atoms with Gasteiger partial charge in [0, 0.05) is 6.07 Å². The molecule has 0 aliphatic heterocycles. The Morgan fingerprint density at radius 3 is 2.62 bits per heavy atom. The predicted molar refractivity (Wildman–Crippen MR) is 52.8 cm³/mol. The van der Waals surface area contributed by atoms with Crippen molar-refractivity contribution in [2.75, 3.05) is 0 Å². The van der Waals surface area contributed by atoms with Crippen LogP contribution in [0.25, 0.3) is 0 Å². The lowest BCUT2D eigenvalue weighted by Crippen LogP contribution is -2.52. The molecule has 2 N–H and O–H groups in total. The highest BCUT2D eigenvalue weighted by atomic mass is 16.5. The Morgan fingerprint density at radius 2 is 2.12 bits per heavy atom. The first kappa shape index (κ1) is 10.7. The second-order valence-electron chi connectivity index (χ2n) is 3.93. The standard InChI is InChI=1S/C10H12N2O4/c13-8(7-3-6-11-16-7)12-10(9(14)15)4-1-2-5-10/h3,6H,1-2,4-5H2,(H,12,13)(H,14,15). The lowest BCUT2D eigenvalue weighted by molar-refractivity contribution is -0.144. The molecule has 86 valence electrons. The van der Waals surface area contributed by atoms with E-state index in [9.17, 15) is 9.59 Å². The van der Waals surface area contributed by atoms with Gasteiger partial charge in [0.1, 0.15) is 5.54 Å². The zero-order chi connectivity index (χ0) is 11.6. The van der Waals surface area contributed by atoms with Crippen molar-refractivity contribution >= 4 is 11.9 Å². The molecule has 16 heavy (non-hydrogen) atoms. The molecule has 2 rings (SSSR count). The van der Waals surface area contributed by atoms with Crippen LogP contribution < -0.4 is 5.32 Å². The molecule has 0 bridgehead atoms. The third-order valence-corrected chi connectivity index (χ3v) is 2.88. The molecule has 0 radical (unpaired) electrons. The van der Waals surface area contributed by atoms with Crippen LogP contribution in [0.2, 0.25) is 0 Å². The average molecular weight is 224 g/mol. The summed E-state index contributed by atoms with van der Waals surface area (Å²) in [7, 11) is 0. The summed E-state index contributed by atoms with van der Waals surface area (Å²) in [6.45, 7) is 0. The molecule has 1 heterocycles. The fourth-order valence-corrected chi connectivity index (χ4v) is 1.98. The van der Waals surface area contributed by atoms with E-state index in [2.05, 4.69) is 15.0 Å². The summed E-state index contributed by atoms with van der Waals surface area (Å²) < 4.78 is 4.68. The minimum absolute atomic E-state index is 0.0347. The minimum atomic E-state index is -1.14. The molecular weight excluding hydrogens is 212 g/mol. The maximum absolute atomic E-state index is 11.7. The number of amides is 1. The maximum Gasteiger partial charge on any atom is 0.329 e. The molecular formula is C10H12N2O4. The number of carboxylic acid groups (broad SMARTS) is 1. The van der Waals surface area contributed by atoms with Gasteiger partial charge in [-0.3, -0.25) is 4.79 Å². The van der Waals surface area contributed by atoms with Crippen molar-refractivity contribution in [3.8, 4) is 0 Å². The van der Waals surface area contributed by atoms with E-state index in [1.807, 2.05) is 0 Å². The fourth-order valence-electron chi connectivity index (χ4n) is 1.98. The van der Waals surface area contributed by atoms with Crippen LogP contribution in [0.5, 0.6) is 0 Å². The number of nitrogens with zero attached hydrogens (tertiary/aromatic N) is 1. The lowest BCUT2D eigenvalue weighted by Gasteiger charge is -2.24. The van der Waals surface area contributed by atoms with E-state index in [1.165, 1.54) is 12.3 Å². The van der Waals surface area contributed by atoms with Crippen molar-refractivity contribution in [2.45, 2.75) is 31.2 Å². The maximum atomic E-state index is 11.7. The third kappa shape index (κ3) is 1.78. The van der Waals surface area contributed by atoms with Gasteiger partial charge in [-0.25, -0.2) is 4.79 Å². The Kier molecular flexibility index (Phi) is 2.64. The molecule has 0 atom stereocenters. The zero-order valence-corrected chi connectivity index (χ0v) is 8.60. The van der Waals surface area contributed by atoms with E-state index in [0.717, 1.165) is 12.8 Å². The highest BCUT2D eigenvalue weighted by molar-refractivity contribution is 5.95. The van der Waals surface area contributed by atoms with Gasteiger partial charge in [0.25, 0.3) is 5.91 Å². The van der Waals surface area contributed by atoms with E-state index >= 15 is 0 Å². The van der Waals surface area contributed by atoms with Crippen molar-refractivity contribution < 1.29 is 19.2 Å². The van der Waals surface area contributed by atoms with Crippen LogP contribution in [-0.2, 0) is 4.79 Å². The first-order valence-corrected chi connectivity index (χ1v) is 5.11. The molecule has 0 spiro atoms. The Hall–Kier alpha value is -1.85. The summed E-state index contributed by atoms with van der Waals surface area (Å²) >= 11 is 0. The van der Waals surface area contributed by atoms with Crippen LogP contribution >= 0.6 is 0 Å². The van der Waals surface area contributed by atoms with Gasteiger partial charge in [-0.05, 0) is 12.8 Å². The van der Waals surface area contributed by atoms with Crippen LogP contribution in [0.4, 0.5) is 0 Å². The molecule has 1 amide bonds. The number of carboxylic acids is 1. The average Bonchev–Trinajstić information content (AvgIpc) is 2.88. The molecule has 1 aliphatic carbocycles. The quantitative estimate of drug-likeness (QED) is 0.792. The topological polar surface area (TPSA) is 92.4 Å². The number of carbonyl (C=O) groups excluding carboxylic acids is 1. The first-order valence-electron chi connectivity index (χ1n) is 5.11. The Bertz CT molecular complexity index is 393. The first-order chi connectivity index (χ1) is 7.64. The van der Waals surface area contributed by atoms with Crippen LogP contribution in [0.3, 0.4) is 0 Å². The number of rotatable bonds is 3. The minimum Gasteiger partial charge on any atom is -0.480 e. The highest BCUT2D eigenvalue weighted by Gasteiger charge is 2.43. The predicted octanol–water partition coefficient (Wildman–Crippen LogP) is 0.802. The van der Waals surface area contributed by atoms with Gasteiger partial charge in [0.05, 0.1) is 6.20 Å². The van der Waals surface area contributed by atoms with Crippen molar-refractivity contribution in [3.63, 3.8) is 0 Å². The van der Waals surface area contributed by atoms with Crippen molar-refractivity contribution in [2.24, 2.45) is 0 Å². The summed E-state index contributed by atoms with van der Waals surface area (Å²) in [5, 5.41) is 15.1. The highest BCUT2D eigenvalue weighted by Crippen LogP contribution is 2.30. The van der Waals surface area contributed by atoms with E-state index in [1.54, 1.807) is 0 Å². The number of hydrogen-bond donors (Lipinski definition) is 2. The monoisotopic (exact) mass is 224 g/mol. The molecule has 0 aromatic carbocycles. The van der Waals surface area contributed by atoms with E-state index in [0.29, 0.717) is 12.8 Å². The van der Waals surface area contributed by atoms with Gasteiger partial charge < -0.3 is 14.9 Å². The van der Waals surface area contributed by atoms with Gasteiger partial charge in [-0.1, -0.05) is 18.0 Å². The summed E-state index contributed by atoms with van der Waals surface area (Å²) in [6, 6.07) is 1.40. The SMILES string of the molecule is O=C(NC1(C(=O)O)CCCC1)c1ccno1. The van der Waals surface area contributed by atoms with Gasteiger partial charge in [0.2, 0.25) is 5.76 Å². The molecule has 1 aromatic rings. The summed E-state index contributed by atoms with van der Waals surface area (Å²) in [6.07, 6.45) is 3.88. The van der Waals surface area contributed by atoms with Gasteiger partial charge >= 0.3 is 5.97 Å². The molecule has 0 unspecified atom stereocenters. The molecule has 1 aromatic heterocycles. The van der Waals surface area contributed by atoms with E-state index in [4.69, 9.17) is 5.11 Å². The lowest BCUT2D eigenvalue weighted by atomic mass is 9.98. The number of hydrogen-bond acceptors (Lipinski definition) is 4. The fraction of sp³-hybridized carbons (Fsp3) is 0.500.